The number of aromatic nitrogens is 5. The predicted octanol–water partition coefficient (Wildman–Crippen LogP) is 0.304. The monoisotopic (exact) mass is 213 g/mol. The van der Waals surface area contributed by atoms with E-state index < -0.39 is 0 Å². The largest absolute Gasteiger partial charge is 0.361 e. The fourth-order valence-electron chi connectivity index (χ4n) is 2.55. The molecule has 0 aromatic carbocycles. The lowest BCUT2D eigenvalue weighted by Crippen LogP contribution is -2.29. The van der Waals surface area contributed by atoms with E-state index in [-0.39, 0.29) is 0 Å². The molecule has 1 aliphatic carbocycles. The summed E-state index contributed by atoms with van der Waals surface area (Å²) >= 11 is 0. The van der Waals surface area contributed by atoms with Crippen LogP contribution in [0.15, 0.2) is 18.6 Å². The second-order valence-electron chi connectivity index (χ2n) is 4.24. The Hall–Kier alpha value is -1.91. The Morgan fingerprint density at radius 1 is 1.19 bits per heavy atom. The lowest BCUT2D eigenvalue weighted by Gasteiger charge is -2.09. The summed E-state index contributed by atoms with van der Waals surface area (Å²) in [5.41, 5.74) is 4.35. The van der Waals surface area contributed by atoms with Crippen LogP contribution in [0.5, 0.6) is 0 Å². The van der Waals surface area contributed by atoms with E-state index in [1.54, 1.807) is 12.4 Å². The summed E-state index contributed by atoms with van der Waals surface area (Å²) in [6.45, 7) is 0. The third kappa shape index (κ3) is 0.925. The molecule has 3 aromatic rings. The van der Waals surface area contributed by atoms with Crippen molar-refractivity contribution in [3.05, 3.63) is 29.8 Å². The summed E-state index contributed by atoms with van der Waals surface area (Å²) in [5, 5.41) is 4.43. The van der Waals surface area contributed by atoms with Crippen molar-refractivity contribution in [3.8, 4) is 0 Å². The molecule has 16 heavy (non-hydrogen) atoms. The van der Waals surface area contributed by atoms with Crippen LogP contribution in [0, 0.1) is 0 Å². The van der Waals surface area contributed by atoms with Crippen molar-refractivity contribution in [2.45, 2.75) is 25.7 Å². The fraction of sp³-hybridized carbons (Fsp3) is 0.364. The van der Waals surface area contributed by atoms with Crippen LogP contribution in [0.1, 0.15) is 24.1 Å². The van der Waals surface area contributed by atoms with Crippen LogP contribution >= 0.6 is 0 Å². The zero-order chi connectivity index (χ0) is 10.5. The maximum Gasteiger partial charge on any atom is 0.207 e. The minimum atomic E-state index is 0.718. The Bertz CT molecular complexity index is 678. The Labute approximate surface area is 91.7 Å². The lowest BCUT2D eigenvalue weighted by atomic mass is 9.98. The quantitative estimate of drug-likeness (QED) is 0.505. The number of nitrogens with zero attached hydrogens (tertiary/aromatic N) is 5. The van der Waals surface area contributed by atoms with Gasteiger partial charge in [0.2, 0.25) is 6.20 Å². The topological polar surface area (TPSA) is 48.4 Å². The molecule has 0 atom stereocenters. The van der Waals surface area contributed by atoms with Crippen LogP contribution < -0.4 is 9.73 Å². The van der Waals surface area contributed by atoms with Gasteiger partial charge in [0.25, 0.3) is 0 Å². The predicted molar refractivity (Wildman–Crippen MR) is 56.1 cm³/mol. The molecule has 80 valence electrons. The highest BCUT2D eigenvalue weighted by Crippen LogP contribution is 2.20. The highest BCUT2D eigenvalue weighted by molar-refractivity contribution is 5.62. The van der Waals surface area contributed by atoms with Crippen LogP contribution in [-0.4, -0.2) is 14.5 Å². The number of hydrogen-bond donors (Lipinski definition) is 0. The molecule has 5 nitrogen and oxygen atoms in total. The number of hydrogen-bond acceptors (Lipinski definition) is 2. The number of fused-ring (bicyclic) bond motifs is 5. The number of rotatable bonds is 0. The smallest absolute Gasteiger partial charge is 0.207 e. The van der Waals surface area contributed by atoms with E-state index in [1.165, 1.54) is 24.1 Å². The Morgan fingerprint density at radius 2 is 2.06 bits per heavy atom. The van der Waals surface area contributed by atoms with Crippen molar-refractivity contribution >= 4 is 11.3 Å². The summed E-state index contributed by atoms with van der Waals surface area (Å²) in [6, 6.07) is 0. The van der Waals surface area contributed by atoms with Crippen molar-refractivity contribution in [1.29, 1.82) is 0 Å². The average molecular weight is 213 g/mol. The van der Waals surface area contributed by atoms with Crippen molar-refractivity contribution in [1.82, 2.24) is 19.6 Å². The molecule has 0 spiro atoms. The normalized spacial score (nSPS) is 15.8. The van der Waals surface area contributed by atoms with Crippen molar-refractivity contribution < 1.29 is 4.63 Å². The van der Waals surface area contributed by atoms with Crippen LogP contribution in [-0.2, 0) is 12.8 Å². The Kier molecular flexibility index (Phi) is 1.45. The first-order valence-corrected chi connectivity index (χ1v) is 5.62. The summed E-state index contributed by atoms with van der Waals surface area (Å²) in [7, 11) is 0. The standard InChI is InChI=1S/C11H11N5/c1-2-4-9-8(3-1)7-15-14-10-11(16(9)15)13-6-5-12-10/h5-7H,1-4H2. The van der Waals surface area contributed by atoms with Gasteiger partial charge in [0.15, 0.2) is 5.65 Å². The molecule has 0 saturated heterocycles. The third-order valence-corrected chi connectivity index (χ3v) is 3.27. The first kappa shape index (κ1) is 8.27. The van der Waals surface area contributed by atoms with E-state index in [1.807, 2.05) is 4.63 Å². The highest BCUT2D eigenvalue weighted by atomic mass is 15.5. The molecular formula is C11H11N5. The minimum Gasteiger partial charge on any atom is -0.361 e. The Morgan fingerprint density at radius 3 is 3.06 bits per heavy atom. The van der Waals surface area contributed by atoms with E-state index in [0.29, 0.717) is 0 Å². The molecule has 3 heterocycles. The van der Waals surface area contributed by atoms with E-state index in [0.717, 1.165) is 24.1 Å². The van der Waals surface area contributed by atoms with Gasteiger partial charge in [0.05, 0.1) is 0 Å². The second-order valence-corrected chi connectivity index (χ2v) is 4.24. The van der Waals surface area contributed by atoms with E-state index in [2.05, 4.69) is 25.8 Å². The maximum atomic E-state index is 4.43. The first-order chi connectivity index (χ1) is 7.93. The molecular weight excluding hydrogens is 202 g/mol. The molecule has 0 aliphatic heterocycles. The molecule has 0 saturated carbocycles. The average Bonchev–Trinajstić information content (AvgIpc) is 2.83. The molecule has 1 aliphatic rings. The minimum absolute atomic E-state index is 0.718. The first-order valence-electron chi connectivity index (χ1n) is 5.62. The summed E-state index contributed by atoms with van der Waals surface area (Å²) in [6.07, 6.45) is 10.3. The molecule has 0 radical (unpaired) electrons. The molecule has 0 bridgehead atoms. The highest BCUT2D eigenvalue weighted by Gasteiger charge is 2.20. The van der Waals surface area contributed by atoms with Crippen molar-refractivity contribution in [2.75, 3.05) is 0 Å². The summed E-state index contributed by atoms with van der Waals surface area (Å²) < 4.78 is 3.97. The number of aryl methyl sites for hydroxylation is 2. The van der Waals surface area contributed by atoms with Gasteiger partial charge in [-0.15, -0.1) is 5.10 Å². The zero-order valence-corrected chi connectivity index (χ0v) is 8.80. The molecule has 0 N–H and O–H groups in total. The SMILES string of the molecule is c1cnc2c(n1)[n-][n+]1cc3c(n21)CCCC3. The Balaban J connectivity index is 2.18. The van der Waals surface area contributed by atoms with Gasteiger partial charge in [-0.1, -0.05) is 4.63 Å². The van der Waals surface area contributed by atoms with Crippen LogP contribution in [0.25, 0.3) is 11.3 Å². The van der Waals surface area contributed by atoms with Gasteiger partial charge in [-0.3, -0.25) is 0 Å². The van der Waals surface area contributed by atoms with Gasteiger partial charge < -0.3 is 4.98 Å². The van der Waals surface area contributed by atoms with Gasteiger partial charge >= 0.3 is 0 Å². The molecule has 3 aromatic heterocycles. The van der Waals surface area contributed by atoms with Crippen molar-refractivity contribution in [2.24, 2.45) is 0 Å². The second kappa shape index (κ2) is 2.81. The molecule has 0 amide bonds. The molecule has 4 rings (SSSR count). The fourth-order valence-corrected chi connectivity index (χ4v) is 2.55. The van der Waals surface area contributed by atoms with Crippen LogP contribution in [0.3, 0.4) is 0 Å². The van der Waals surface area contributed by atoms with Gasteiger partial charge in [0.1, 0.15) is 5.65 Å². The van der Waals surface area contributed by atoms with E-state index >= 15 is 0 Å². The summed E-state index contributed by atoms with van der Waals surface area (Å²) in [4.78, 5) is 8.59. The van der Waals surface area contributed by atoms with Gasteiger partial charge in [-0.25, -0.2) is 4.98 Å². The summed E-state index contributed by atoms with van der Waals surface area (Å²) in [5.74, 6) is 0. The molecule has 0 fully saturated rings. The molecule has 5 heteroatoms. The third-order valence-electron chi connectivity index (χ3n) is 3.27. The van der Waals surface area contributed by atoms with Gasteiger partial charge in [-0.2, -0.15) is 4.52 Å². The van der Waals surface area contributed by atoms with E-state index in [9.17, 15) is 0 Å². The van der Waals surface area contributed by atoms with Crippen LogP contribution in [0.2, 0.25) is 0 Å². The zero-order valence-electron chi connectivity index (χ0n) is 8.80. The van der Waals surface area contributed by atoms with Crippen LogP contribution in [0.4, 0.5) is 0 Å². The lowest BCUT2D eigenvalue weighted by molar-refractivity contribution is -0.674. The van der Waals surface area contributed by atoms with Gasteiger partial charge in [0, 0.05) is 17.5 Å². The molecule has 0 unspecified atom stereocenters. The van der Waals surface area contributed by atoms with E-state index in [4.69, 9.17) is 0 Å². The van der Waals surface area contributed by atoms with Gasteiger partial charge in [-0.05, 0) is 31.9 Å². The van der Waals surface area contributed by atoms with Crippen molar-refractivity contribution in [3.63, 3.8) is 0 Å². The maximum absolute atomic E-state index is 4.43.